The van der Waals surface area contributed by atoms with E-state index >= 15 is 0 Å². The molecule has 1 saturated carbocycles. The van der Waals surface area contributed by atoms with E-state index in [9.17, 15) is 4.79 Å². The third-order valence-corrected chi connectivity index (χ3v) is 3.56. The van der Waals surface area contributed by atoms with Crippen LogP contribution in [0, 0.1) is 12.8 Å². The van der Waals surface area contributed by atoms with E-state index in [-0.39, 0.29) is 5.91 Å². The molecule has 1 aliphatic carbocycles. The molecule has 0 spiro atoms. The molecule has 0 bridgehead atoms. The molecule has 0 unspecified atom stereocenters. The number of nitrogens with one attached hydrogen (secondary N) is 1. The maximum absolute atomic E-state index is 12.0. The Morgan fingerprint density at radius 2 is 2.24 bits per heavy atom. The lowest BCUT2D eigenvalue weighted by Gasteiger charge is -2.17. The summed E-state index contributed by atoms with van der Waals surface area (Å²) in [6, 6.07) is 5.62. The van der Waals surface area contributed by atoms with Gasteiger partial charge in [-0.1, -0.05) is 6.07 Å². The molecular weight excluding hydrogens is 266 g/mol. The van der Waals surface area contributed by atoms with Crippen LogP contribution in [0.1, 0.15) is 18.4 Å². The summed E-state index contributed by atoms with van der Waals surface area (Å²) >= 11 is 0. The summed E-state index contributed by atoms with van der Waals surface area (Å²) in [7, 11) is 1.92. The van der Waals surface area contributed by atoms with Gasteiger partial charge in [0.2, 0.25) is 5.91 Å². The first-order valence-corrected chi connectivity index (χ1v) is 7.47. The number of nitrogens with two attached hydrogens (primary N) is 1. The molecule has 0 heterocycles. The maximum Gasteiger partial charge on any atom is 0.238 e. The zero-order valence-electron chi connectivity index (χ0n) is 12.9. The van der Waals surface area contributed by atoms with Gasteiger partial charge in [0.05, 0.1) is 24.5 Å². The monoisotopic (exact) mass is 291 g/mol. The molecule has 1 aliphatic rings. The molecule has 1 amide bonds. The molecule has 5 nitrogen and oxygen atoms in total. The summed E-state index contributed by atoms with van der Waals surface area (Å²) in [5, 5.41) is 2.84. The lowest BCUT2D eigenvalue weighted by atomic mass is 10.2. The molecule has 5 heteroatoms. The lowest BCUT2D eigenvalue weighted by Crippen LogP contribution is -2.32. The van der Waals surface area contributed by atoms with E-state index in [1.54, 1.807) is 0 Å². The molecule has 116 valence electrons. The number of anilines is 2. The minimum Gasteiger partial charge on any atom is -0.397 e. The number of aryl methyl sites for hydroxylation is 1. The Labute approximate surface area is 126 Å². The van der Waals surface area contributed by atoms with Crippen LogP contribution in [0.4, 0.5) is 11.4 Å². The highest BCUT2D eigenvalue weighted by Gasteiger charge is 2.21. The van der Waals surface area contributed by atoms with E-state index in [4.69, 9.17) is 10.5 Å². The quantitative estimate of drug-likeness (QED) is 0.567. The van der Waals surface area contributed by atoms with Gasteiger partial charge in [-0.3, -0.25) is 9.69 Å². The van der Waals surface area contributed by atoms with Gasteiger partial charge in [0, 0.05) is 13.2 Å². The first-order valence-electron chi connectivity index (χ1n) is 7.47. The Balaban J connectivity index is 1.67. The Kier molecular flexibility index (Phi) is 5.59. The second-order valence-electron chi connectivity index (χ2n) is 5.89. The summed E-state index contributed by atoms with van der Waals surface area (Å²) in [5.41, 5.74) is 8.23. The van der Waals surface area contributed by atoms with Crippen molar-refractivity contribution >= 4 is 17.3 Å². The van der Waals surface area contributed by atoms with Gasteiger partial charge in [0.25, 0.3) is 0 Å². The fourth-order valence-corrected chi connectivity index (χ4v) is 2.06. The molecule has 1 aromatic rings. The second-order valence-corrected chi connectivity index (χ2v) is 5.89. The van der Waals surface area contributed by atoms with Gasteiger partial charge in [-0.2, -0.15) is 0 Å². The van der Waals surface area contributed by atoms with Gasteiger partial charge < -0.3 is 15.8 Å². The molecule has 0 aromatic heterocycles. The Hall–Kier alpha value is -1.59. The van der Waals surface area contributed by atoms with Crippen LogP contribution in [-0.4, -0.2) is 44.2 Å². The van der Waals surface area contributed by atoms with Crippen LogP contribution in [0.5, 0.6) is 0 Å². The van der Waals surface area contributed by atoms with E-state index in [2.05, 4.69) is 5.32 Å². The number of hydrogen-bond acceptors (Lipinski definition) is 4. The normalized spacial score (nSPS) is 14.4. The van der Waals surface area contributed by atoms with E-state index in [0.717, 1.165) is 24.6 Å². The third kappa shape index (κ3) is 5.73. The van der Waals surface area contributed by atoms with E-state index in [0.29, 0.717) is 24.5 Å². The zero-order chi connectivity index (χ0) is 15.2. The number of benzene rings is 1. The minimum absolute atomic E-state index is 0.0600. The fraction of sp³-hybridized carbons (Fsp3) is 0.562. The third-order valence-electron chi connectivity index (χ3n) is 3.56. The highest BCUT2D eigenvalue weighted by molar-refractivity contribution is 5.95. The molecule has 0 radical (unpaired) electrons. The Morgan fingerprint density at radius 1 is 1.48 bits per heavy atom. The van der Waals surface area contributed by atoms with Crippen LogP contribution in [-0.2, 0) is 9.53 Å². The number of carbonyl (C=O) groups excluding carboxylic acids is 1. The van der Waals surface area contributed by atoms with Gasteiger partial charge in [-0.05, 0) is 50.4 Å². The van der Waals surface area contributed by atoms with Crippen LogP contribution in [0.3, 0.4) is 0 Å². The number of rotatable bonds is 8. The van der Waals surface area contributed by atoms with Crippen LogP contribution >= 0.6 is 0 Å². The van der Waals surface area contributed by atoms with Gasteiger partial charge in [0.15, 0.2) is 0 Å². The van der Waals surface area contributed by atoms with Crippen molar-refractivity contribution in [1.29, 1.82) is 0 Å². The largest absolute Gasteiger partial charge is 0.397 e. The first kappa shape index (κ1) is 15.8. The molecule has 0 atom stereocenters. The maximum atomic E-state index is 12.0. The van der Waals surface area contributed by atoms with Crippen molar-refractivity contribution in [2.45, 2.75) is 19.8 Å². The number of likely N-dealkylation sites (N-methyl/N-ethyl adjacent to an activating group) is 1. The van der Waals surface area contributed by atoms with Crippen molar-refractivity contribution in [1.82, 2.24) is 4.90 Å². The molecule has 0 saturated heterocycles. The van der Waals surface area contributed by atoms with Gasteiger partial charge in [-0.15, -0.1) is 0 Å². The number of amides is 1. The fourth-order valence-electron chi connectivity index (χ4n) is 2.06. The zero-order valence-corrected chi connectivity index (χ0v) is 12.9. The smallest absolute Gasteiger partial charge is 0.238 e. The highest BCUT2D eigenvalue weighted by atomic mass is 16.5. The van der Waals surface area contributed by atoms with Crippen molar-refractivity contribution in [3.63, 3.8) is 0 Å². The van der Waals surface area contributed by atoms with Gasteiger partial charge >= 0.3 is 0 Å². The minimum atomic E-state index is -0.0600. The second kappa shape index (κ2) is 7.43. The predicted octanol–water partition coefficient (Wildman–Crippen LogP) is 1.87. The van der Waals surface area contributed by atoms with Crippen LogP contribution in [0.15, 0.2) is 18.2 Å². The summed E-state index contributed by atoms with van der Waals surface area (Å²) in [4.78, 5) is 13.9. The summed E-state index contributed by atoms with van der Waals surface area (Å²) in [6.07, 6.45) is 2.60. The number of carbonyl (C=O) groups is 1. The van der Waals surface area contributed by atoms with Crippen molar-refractivity contribution in [3.05, 3.63) is 23.8 Å². The predicted molar refractivity (Wildman–Crippen MR) is 85.3 cm³/mol. The molecule has 1 fully saturated rings. The van der Waals surface area contributed by atoms with E-state index < -0.39 is 0 Å². The Morgan fingerprint density at radius 3 is 2.90 bits per heavy atom. The van der Waals surface area contributed by atoms with Crippen LogP contribution < -0.4 is 11.1 Å². The average molecular weight is 291 g/mol. The molecule has 21 heavy (non-hydrogen) atoms. The van der Waals surface area contributed by atoms with Crippen molar-refractivity contribution < 1.29 is 9.53 Å². The van der Waals surface area contributed by atoms with Crippen LogP contribution in [0.2, 0.25) is 0 Å². The topological polar surface area (TPSA) is 67.6 Å². The number of hydrogen-bond donors (Lipinski definition) is 2. The molecule has 3 N–H and O–H groups in total. The highest BCUT2D eigenvalue weighted by Crippen LogP contribution is 2.28. The van der Waals surface area contributed by atoms with Crippen molar-refractivity contribution in [3.8, 4) is 0 Å². The molecule has 1 aromatic carbocycles. The summed E-state index contributed by atoms with van der Waals surface area (Å²) in [6.45, 7) is 4.59. The summed E-state index contributed by atoms with van der Waals surface area (Å²) in [5.74, 6) is 0.721. The lowest BCUT2D eigenvalue weighted by molar-refractivity contribution is -0.117. The van der Waals surface area contributed by atoms with Crippen LogP contribution in [0.25, 0.3) is 0 Å². The SMILES string of the molecule is Cc1ccc(NC(=O)CN(C)CCOCC2CC2)c(N)c1. The van der Waals surface area contributed by atoms with E-state index in [1.807, 2.05) is 37.1 Å². The van der Waals surface area contributed by atoms with Gasteiger partial charge in [0.1, 0.15) is 0 Å². The van der Waals surface area contributed by atoms with Crippen molar-refractivity contribution in [2.75, 3.05) is 44.4 Å². The Bertz CT molecular complexity index is 486. The number of nitrogens with zero attached hydrogens (tertiary/aromatic N) is 1. The number of ether oxygens (including phenoxy) is 1. The van der Waals surface area contributed by atoms with E-state index in [1.165, 1.54) is 12.8 Å². The summed E-state index contributed by atoms with van der Waals surface area (Å²) < 4.78 is 5.57. The van der Waals surface area contributed by atoms with Crippen molar-refractivity contribution in [2.24, 2.45) is 5.92 Å². The molecule has 2 rings (SSSR count). The van der Waals surface area contributed by atoms with Gasteiger partial charge in [-0.25, -0.2) is 0 Å². The molecular formula is C16H25N3O2. The standard InChI is InChI=1S/C16H25N3O2/c1-12-3-6-15(14(17)9-12)18-16(20)10-19(2)7-8-21-11-13-4-5-13/h3,6,9,13H,4-5,7-8,10-11,17H2,1-2H3,(H,18,20). The first-order chi connectivity index (χ1) is 10.0. The molecule has 0 aliphatic heterocycles. The average Bonchev–Trinajstić information content (AvgIpc) is 3.22. The number of nitrogen functional groups attached to an aromatic ring is 1.